The molecule has 4 rings (SSSR count). The lowest BCUT2D eigenvalue weighted by molar-refractivity contribution is 0.709. The van der Waals surface area contributed by atoms with E-state index in [1.54, 1.807) is 15.3 Å². The van der Waals surface area contributed by atoms with Gasteiger partial charge in [-0.2, -0.15) is 5.10 Å². The lowest BCUT2D eigenvalue weighted by Crippen LogP contribution is -2.22. The normalized spacial score (nSPS) is 11.2. The van der Waals surface area contributed by atoms with Crippen LogP contribution in [0.4, 0.5) is 0 Å². The van der Waals surface area contributed by atoms with E-state index in [0.29, 0.717) is 11.6 Å². The molecule has 4 aromatic rings. The van der Waals surface area contributed by atoms with E-state index in [4.69, 9.17) is 11.6 Å². The monoisotopic (exact) mass is 363 g/mol. The zero-order valence-corrected chi connectivity index (χ0v) is 15.4. The highest BCUT2D eigenvalue weighted by molar-refractivity contribution is 6.30. The minimum Gasteiger partial charge on any atom is -0.288 e. The largest absolute Gasteiger partial charge is 0.288 e. The molecule has 130 valence electrons. The highest BCUT2D eigenvalue weighted by Gasteiger charge is 2.17. The zero-order valence-electron chi connectivity index (χ0n) is 14.6. The number of aryl methyl sites for hydroxylation is 2. The SMILES string of the molecule is Cc1nn(C)c2c1c(-c1ccccc1)cc(=O)n2Cc1ccc(Cl)cc1. The van der Waals surface area contributed by atoms with E-state index in [1.807, 2.05) is 68.6 Å². The van der Waals surface area contributed by atoms with Crippen LogP contribution in [0.25, 0.3) is 22.2 Å². The summed E-state index contributed by atoms with van der Waals surface area (Å²) in [6, 6.07) is 19.2. The Morgan fingerprint density at radius 3 is 2.42 bits per heavy atom. The summed E-state index contributed by atoms with van der Waals surface area (Å²) in [6.45, 7) is 2.45. The number of pyridine rings is 1. The van der Waals surface area contributed by atoms with Crippen LogP contribution < -0.4 is 5.56 Å². The Kier molecular flexibility index (Phi) is 4.13. The van der Waals surface area contributed by atoms with E-state index in [0.717, 1.165) is 33.4 Å². The van der Waals surface area contributed by atoms with Gasteiger partial charge in [-0.3, -0.25) is 14.0 Å². The first-order valence-electron chi connectivity index (χ1n) is 8.41. The molecule has 2 aromatic carbocycles. The molecule has 0 saturated heterocycles. The van der Waals surface area contributed by atoms with Crippen LogP contribution in [0, 0.1) is 6.92 Å². The third-order valence-electron chi connectivity index (χ3n) is 4.59. The molecule has 2 heterocycles. The standard InChI is InChI=1S/C21H18ClN3O/c1-14-20-18(16-6-4-3-5-7-16)12-19(26)25(21(20)24(2)23-14)13-15-8-10-17(22)11-9-15/h3-12H,13H2,1-2H3. The number of nitrogens with zero attached hydrogens (tertiary/aromatic N) is 3. The van der Waals surface area contributed by atoms with Crippen LogP contribution in [0.1, 0.15) is 11.3 Å². The van der Waals surface area contributed by atoms with Crippen LogP contribution in [0.2, 0.25) is 5.02 Å². The summed E-state index contributed by atoms with van der Waals surface area (Å²) in [7, 11) is 1.88. The van der Waals surface area contributed by atoms with Crippen LogP contribution in [0.5, 0.6) is 0 Å². The molecule has 0 radical (unpaired) electrons. The van der Waals surface area contributed by atoms with E-state index in [9.17, 15) is 4.79 Å². The number of fused-ring (bicyclic) bond motifs is 1. The van der Waals surface area contributed by atoms with Crippen LogP contribution in [0.3, 0.4) is 0 Å². The fraction of sp³-hybridized carbons (Fsp3) is 0.143. The topological polar surface area (TPSA) is 39.8 Å². The molecule has 0 amide bonds. The fourth-order valence-corrected chi connectivity index (χ4v) is 3.55. The Bertz CT molecular complexity index is 1140. The van der Waals surface area contributed by atoms with Crippen molar-refractivity contribution in [3.63, 3.8) is 0 Å². The van der Waals surface area contributed by atoms with Crippen molar-refractivity contribution < 1.29 is 0 Å². The smallest absolute Gasteiger partial charge is 0.253 e. The van der Waals surface area contributed by atoms with Crippen molar-refractivity contribution >= 4 is 22.6 Å². The minimum absolute atomic E-state index is 0.0469. The van der Waals surface area contributed by atoms with Gasteiger partial charge >= 0.3 is 0 Å². The number of benzene rings is 2. The second kappa shape index (κ2) is 6.46. The summed E-state index contributed by atoms with van der Waals surface area (Å²) < 4.78 is 3.55. The van der Waals surface area contributed by atoms with Gasteiger partial charge < -0.3 is 0 Å². The van der Waals surface area contributed by atoms with Gasteiger partial charge in [-0.25, -0.2) is 0 Å². The number of hydrogen-bond acceptors (Lipinski definition) is 2. The molecule has 0 N–H and O–H groups in total. The van der Waals surface area contributed by atoms with Gasteiger partial charge in [0.1, 0.15) is 5.65 Å². The first-order valence-corrected chi connectivity index (χ1v) is 8.79. The van der Waals surface area contributed by atoms with E-state index < -0.39 is 0 Å². The van der Waals surface area contributed by atoms with Gasteiger partial charge in [-0.1, -0.05) is 54.1 Å². The third kappa shape index (κ3) is 2.82. The number of hydrogen-bond donors (Lipinski definition) is 0. The second-order valence-electron chi connectivity index (χ2n) is 6.38. The average Bonchev–Trinajstić information content (AvgIpc) is 2.94. The summed E-state index contributed by atoms with van der Waals surface area (Å²) in [4.78, 5) is 13.0. The highest BCUT2D eigenvalue weighted by atomic mass is 35.5. The number of aromatic nitrogens is 3. The minimum atomic E-state index is -0.0469. The van der Waals surface area contributed by atoms with Gasteiger partial charge in [0, 0.05) is 23.5 Å². The fourth-order valence-electron chi connectivity index (χ4n) is 3.42. The maximum Gasteiger partial charge on any atom is 0.253 e. The first-order chi connectivity index (χ1) is 12.5. The van der Waals surface area contributed by atoms with Crippen LogP contribution in [0.15, 0.2) is 65.5 Å². The third-order valence-corrected chi connectivity index (χ3v) is 4.84. The molecule has 0 saturated carbocycles. The van der Waals surface area contributed by atoms with E-state index in [1.165, 1.54) is 0 Å². The van der Waals surface area contributed by atoms with E-state index in [-0.39, 0.29) is 5.56 Å². The summed E-state index contributed by atoms with van der Waals surface area (Å²) >= 11 is 5.98. The van der Waals surface area contributed by atoms with Gasteiger partial charge in [0.25, 0.3) is 5.56 Å². The summed E-state index contributed by atoms with van der Waals surface area (Å²) in [5.74, 6) is 0. The average molecular weight is 364 g/mol. The molecule has 4 nitrogen and oxygen atoms in total. The van der Waals surface area contributed by atoms with Gasteiger partial charge in [0.2, 0.25) is 0 Å². The summed E-state index contributed by atoms with van der Waals surface area (Å²) in [5, 5.41) is 6.26. The molecule has 0 bridgehead atoms. The Balaban J connectivity index is 1.97. The Hall–Kier alpha value is -2.85. The van der Waals surface area contributed by atoms with Gasteiger partial charge in [-0.15, -0.1) is 0 Å². The molecular weight excluding hydrogens is 346 g/mol. The summed E-state index contributed by atoms with van der Waals surface area (Å²) in [5.41, 5.74) is 4.64. The van der Waals surface area contributed by atoms with Crippen molar-refractivity contribution in [3.8, 4) is 11.1 Å². The molecule has 2 aromatic heterocycles. The van der Waals surface area contributed by atoms with Crippen LogP contribution in [-0.2, 0) is 13.6 Å². The number of rotatable bonds is 3. The first kappa shape index (κ1) is 16.6. The maximum atomic E-state index is 13.0. The van der Waals surface area contributed by atoms with Gasteiger partial charge in [0.15, 0.2) is 0 Å². The molecule has 0 aliphatic carbocycles. The zero-order chi connectivity index (χ0) is 18.3. The van der Waals surface area contributed by atoms with Crippen molar-refractivity contribution in [3.05, 3.63) is 87.3 Å². The predicted molar refractivity (Wildman–Crippen MR) is 106 cm³/mol. The van der Waals surface area contributed by atoms with Crippen molar-refractivity contribution in [2.24, 2.45) is 7.05 Å². The maximum absolute atomic E-state index is 13.0. The number of halogens is 1. The van der Waals surface area contributed by atoms with E-state index >= 15 is 0 Å². The quantitative estimate of drug-likeness (QED) is 0.540. The van der Waals surface area contributed by atoms with Crippen molar-refractivity contribution in [1.29, 1.82) is 0 Å². The highest BCUT2D eigenvalue weighted by Crippen LogP contribution is 2.29. The van der Waals surface area contributed by atoms with Gasteiger partial charge in [-0.05, 0) is 35.7 Å². The van der Waals surface area contributed by atoms with Crippen molar-refractivity contribution in [1.82, 2.24) is 14.3 Å². The van der Waals surface area contributed by atoms with Crippen molar-refractivity contribution in [2.45, 2.75) is 13.5 Å². The van der Waals surface area contributed by atoms with E-state index in [2.05, 4.69) is 5.10 Å². The van der Waals surface area contributed by atoms with Crippen LogP contribution in [-0.4, -0.2) is 14.3 Å². The molecule has 0 aliphatic rings. The molecule has 0 aliphatic heterocycles. The Morgan fingerprint density at radius 1 is 1.04 bits per heavy atom. The lowest BCUT2D eigenvalue weighted by atomic mass is 10.0. The summed E-state index contributed by atoms with van der Waals surface area (Å²) in [6.07, 6.45) is 0. The van der Waals surface area contributed by atoms with Gasteiger partial charge in [0.05, 0.1) is 12.2 Å². The molecule has 5 heteroatoms. The predicted octanol–water partition coefficient (Wildman–Crippen LogP) is 4.41. The van der Waals surface area contributed by atoms with Crippen LogP contribution >= 0.6 is 11.6 Å². The lowest BCUT2D eigenvalue weighted by Gasteiger charge is -2.12. The molecule has 0 unspecified atom stereocenters. The van der Waals surface area contributed by atoms with Crippen molar-refractivity contribution in [2.75, 3.05) is 0 Å². The molecule has 26 heavy (non-hydrogen) atoms. The Morgan fingerprint density at radius 2 is 1.73 bits per heavy atom. The Labute approximate surface area is 156 Å². The molecular formula is C21H18ClN3O. The molecule has 0 atom stereocenters. The molecule has 0 fully saturated rings. The second-order valence-corrected chi connectivity index (χ2v) is 6.82. The molecule has 0 spiro atoms.